The predicted molar refractivity (Wildman–Crippen MR) is 247 cm³/mol. The Labute approximate surface area is 345 Å². The van der Waals surface area contributed by atoms with E-state index >= 15 is 0 Å². The lowest BCUT2D eigenvalue weighted by Crippen LogP contribution is -2.11. The summed E-state index contributed by atoms with van der Waals surface area (Å²) >= 11 is 0. The number of anilines is 3. The van der Waals surface area contributed by atoms with Crippen molar-refractivity contribution in [2.75, 3.05) is 4.90 Å². The van der Waals surface area contributed by atoms with Crippen LogP contribution in [0.25, 0.3) is 72.1 Å². The van der Waals surface area contributed by atoms with Gasteiger partial charge < -0.3 is 13.9 Å². The zero-order chi connectivity index (χ0) is 40.5. The van der Waals surface area contributed by atoms with E-state index in [-0.39, 0.29) is 10.8 Å². The summed E-state index contributed by atoms with van der Waals surface area (Å²) in [5, 5.41) is 3.60. The number of hydrogen-bond acceptors (Lipinski definition) is 4. The van der Waals surface area contributed by atoms with Gasteiger partial charge in [-0.05, 0) is 119 Å². The van der Waals surface area contributed by atoms with Gasteiger partial charge in [0.2, 0.25) is 5.89 Å². The van der Waals surface area contributed by atoms with Crippen LogP contribution in [0.4, 0.5) is 17.1 Å². The highest BCUT2D eigenvalue weighted by Crippen LogP contribution is 2.44. The third-order valence-corrected chi connectivity index (χ3v) is 11.6. The van der Waals surface area contributed by atoms with Gasteiger partial charge in [-0.3, -0.25) is 4.98 Å². The van der Waals surface area contributed by atoms with Gasteiger partial charge in [0.05, 0.1) is 22.2 Å². The molecule has 0 radical (unpaired) electrons. The third-order valence-electron chi connectivity index (χ3n) is 11.6. The first-order valence-corrected chi connectivity index (χ1v) is 20.4. The smallest absolute Gasteiger partial charge is 0.227 e. The fourth-order valence-corrected chi connectivity index (χ4v) is 8.35. The molecule has 59 heavy (non-hydrogen) atoms. The lowest BCUT2D eigenvalue weighted by Gasteiger charge is -2.28. The first-order chi connectivity index (χ1) is 28.5. The molecule has 0 saturated carbocycles. The Bertz CT molecular complexity index is 3050. The van der Waals surface area contributed by atoms with Crippen molar-refractivity contribution in [3.63, 3.8) is 0 Å². The molecule has 7 aromatic carbocycles. The fourth-order valence-electron chi connectivity index (χ4n) is 8.35. The van der Waals surface area contributed by atoms with Gasteiger partial charge in [-0.1, -0.05) is 114 Å². The van der Waals surface area contributed by atoms with Gasteiger partial charge >= 0.3 is 0 Å². The van der Waals surface area contributed by atoms with Crippen molar-refractivity contribution < 1.29 is 4.42 Å². The maximum atomic E-state index is 6.46. The number of hydrogen-bond donors (Lipinski definition) is 0. The highest BCUT2D eigenvalue weighted by Gasteiger charge is 2.23. The Morgan fingerprint density at radius 1 is 0.525 bits per heavy atom. The van der Waals surface area contributed by atoms with E-state index in [9.17, 15) is 0 Å². The highest BCUT2D eigenvalue weighted by molar-refractivity contribution is 6.10. The minimum Gasteiger partial charge on any atom is -0.436 e. The number of oxazole rings is 1. The fraction of sp³-hybridized carbons (Fsp3) is 0.148. The lowest BCUT2D eigenvalue weighted by atomic mass is 9.85. The van der Waals surface area contributed by atoms with Crippen molar-refractivity contribution in [2.45, 2.75) is 52.4 Å². The van der Waals surface area contributed by atoms with E-state index < -0.39 is 0 Å². The van der Waals surface area contributed by atoms with Crippen molar-refractivity contribution in [3.8, 4) is 28.3 Å². The van der Waals surface area contributed by atoms with E-state index in [2.05, 4.69) is 202 Å². The van der Waals surface area contributed by atoms with Gasteiger partial charge in [-0.15, -0.1) is 0 Å². The zero-order valence-corrected chi connectivity index (χ0v) is 34.4. The Morgan fingerprint density at radius 2 is 1.12 bits per heavy atom. The van der Waals surface area contributed by atoms with Gasteiger partial charge in [0.1, 0.15) is 5.52 Å². The van der Waals surface area contributed by atoms with Crippen LogP contribution in [0, 0.1) is 0 Å². The van der Waals surface area contributed by atoms with Gasteiger partial charge in [-0.25, -0.2) is 4.98 Å². The Kier molecular flexibility index (Phi) is 8.53. The summed E-state index contributed by atoms with van der Waals surface area (Å²) in [5.41, 5.74) is 14.8. The molecule has 288 valence electrons. The molecule has 5 heteroatoms. The van der Waals surface area contributed by atoms with Gasteiger partial charge in [0.15, 0.2) is 5.58 Å². The molecule has 0 bridgehead atoms. The summed E-state index contributed by atoms with van der Waals surface area (Å²) in [6.07, 6.45) is 1.80. The maximum Gasteiger partial charge on any atom is 0.227 e. The van der Waals surface area contributed by atoms with Crippen LogP contribution in [0.3, 0.4) is 0 Å². The van der Waals surface area contributed by atoms with Crippen LogP contribution in [0.15, 0.2) is 174 Å². The maximum absolute atomic E-state index is 6.46. The molecule has 0 saturated heterocycles. The summed E-state index contributed by atoms with van der Waals surface area (Å²) in [6, 6.07) is 58.7. The van der Waals surface area contributed by atoms with Crippen LogP contribution in [0.1, 0.15) is 52.7 Å². The summed E-state index contributed by atoms with van der Waals surface area (Å²) in [4.78, 5) is 12.0. The number of para-hydroxylation sites is 2. The topological polar surface area (TPSA) is 47.1 Å². The molecule has 10 rings (SSSR count). The highest BCUT2D eigenvalue weighted by atomic mass is 16.3. The van der Waals surface area contributed by atoms with Crippen LogP contribution < -0.4 is 4.90 Å². The number of pyridine rings is 1. The molecule has 5 nitrogen and oxygen atoms in total. The van der Waals surface area contributed by atoms with Crippen molar-refractivity contribution in [1.29, 1.82) is 0 Å². The van der Waals surface area contributed by atoms with E-state index in [0.29, 0.717) is 11.5 Å². The average molecular weight is 767 g/mol. The largest absolute Gasteiger partial charge is 0.436 e. The average Bonchev–Trinajstić information content (AvgIpc) is 3.84. The number of benzene rings is 7. The molecule has 3 heterocycles. The van der Waals surface area contributed by atoms with Crippen molar-refractivity contribution in [2.24, 2.45) is 0 Å². The second kappa shape index (κ2) is 13.8. The van der Waals surface area contributed by atoms with Crippen molar-refractivity contribution >= 4 is 60.9 Å². The second-order valence-corrected chi connectivity index (χ2v) is 17.6. The van der Waals surface area contributed by atoms with Crippen LogP contribution in [-0.4, -0.2) is 14.5 Å². The van der Waals surface area contributed by atoms with E-state index in [1.54, 1.807) is 6.20 Å². The number of nitrogens with zero attached hydrogens (tertiary/aromatic N) is 4. The molecular weight excluding hydrogens is 721 g/mol. The molecule has 0 atom stereocenters. The number of fused-ring (bicyclic) bond motifs is 6. The summed E-state index contributed by atoms with van der Waals surface area (Å²) in [5.74, 6) is 0.554. The molecule has 0 fully saturated rings. The normalized spacial score (nSPS) is 12.2. The van der Waals surface area contributed by atoms with Crippen LogP contribution >= 0.6 is 0 Å². The van der Waals surface area contributed by atoms with Gasteiger partial charge in [0, 0.05) is 50.5 Å². The van der Waals surface area contributed by atoms with Crippen molar-refractivity contribution in [3.05, 3.63) is 181 Å². The minimum atomic E-state index is 0.0403. The van der Waals surface area contributed by atoms with E-state index in [0.717, 1.165) is 55.9 Å². The molecule has 3 aromatic heterocycles. The van der Waals surface area contributed by atoms with E-state index in [1.807, 2.05) is 18.2 Å². The van der Waals surface area contributed by atoms with E-state index in [4.69, 9.17) is 9.40 Å². The SMILES string of the molecule is CC(C)(C)c1ccc2c(c1)c1cc(C(C)(C)C)ccc1n2-c1ccc(-c2ccc(-c3nc4c(ccc5cccnc54)o3)cc2N(c2ccccc2)c2ccccc2)cc1. The molecule has 0 aliphatic carbocycles. The number of rotatable bonds is 6. The summed E-state index contributed by atoms with van der Waals surface area (Å²) in [7, 11) is 0. The first-order valence-electron chi connectivity index (χ1n) is 20.4. The molecule has 0 aliphatic heterocycles. The van der Waals surface area contributed by atoms with Gasteiger partial charge in [-0.2, -0.15) is 0 Å². The second-order valence-electron chi connectivity index (χ2n) is 17.6. The lowest BCUT2D eigenvalue weighted by molar-refractivity contribution is 0.590. The Hall–Kier alpha value is -6.98. The van der Waals surface area contributed by atoms with Gasteiger partial charge in [0.25, 0.3) is 0 Å². The third kappa shape index (κ3) is 6.44. The van der Waals surface area contributed by atoms with Crippen LogP contribution in [0.2, 0.25) is 0 Å². The van der Waals surface area contributed by atoms with Crippen LogP contribution in [-0.2, 0) is 10.8 Å². The summed E-state index contributed by atoms with van der Waals surface area (Å²) in [6.45, 7) is 13.7. The monoisotopic (exact) mass is 766 g/mol. The Morgan fingerprint density at radius 3 is 1.71 bits per heavy atom. The molecule has 0 aliphatic rings. The minimum absolute atomic E-state index is 0.0403. The standard InChI is InChI=1S/C54H46N4O/c1-53(2,3)38-23-28-46-44(33-38)45-34-39(54(4,5)6)24-29-47(45)58(46)42-25-19-35(20-26-42)43-27-21-37(52-56-51-49(59-52)30-22-36-14-13-31-55-50(36)51)32-48(43)57(40-15-9-7-10-16-40)41-17-11-8-12-18-41/h7-34H,1-6H3. The molecule has 0 unspecified atom stereocenters. The molecular formula is C54H46N4O. The van der Waals surface area contributed by atoms with Crippen LogP contribution in [0.5, 0.6) is 0 Å². The quantitative estimate of drug-likeness (QED) is 0.169. The molecule has 0 N–H and O–H groups in total. The molecule has 0 spiro atoms. The zero-order valence-electron chi connectivity index (χ0n) is 34.4. The van der Waals surface area contributed by atoms with E-state index in [1.165, 1.54) is 32.9 Å². The molecule has 10 aromatic rings. The summed E-state index contributed by atoms with van der Waals surface area (Å²) < 4.78 is 8.88. The Balaban J connectivity index is 1.15. The molecule has 0 amide bonds. The van der Waals surface area contributed by atoms with Crippen molar-refractivity contribution in [1.82, 2.24) is 14.5 Å². The first kappa shape index (κ1) is 36.4. The number of aromatic nitrogens is 3. The predicted octanol–water partition coefficient (Wildman–Crippen LogP) is 14.9.